The number of fused-ring (bicyclic) bond motifs is 15. The van der Waals surface area contributed by atoms with Gasteiger partial charge in [-0.25, -0.2) is 9.97 Å². The topological polar surface area (TPSA) is 217 Å². The first-order valence-electron chi connectivity index (χ1n) is 22.4. The van der Waals surface area contributed by atoms with Gasteiger partial charge in [-0.15, -0.1) is 0 Å². The maximum absolute atomic E-state index is 13.9. The number of nitrogens with one attached hydrogen (secondary N) is 5. The van der Waals surface area contributed by atoms with Crippen LogP contribution in [-0.4, -0.2) is 86.4 Å². The molecule has 2 saturated heterocycles. The Labute approximate surface area is 396 Å². The average molecular weight is 944 g/mol. The summed E-state index contributed by atoms with van der Waals surface area (Å²) in [5.41, 5.74) is 1.25. The molecular weight excluding hydrogens is 899 g/mol. The molecule has 3 aliphatic heterocycles. The zero-order valence-corrected chi connectivity index (χ0v) is 38.4. The second-order valence-electron chi connectivity index (χ2n) is 16.8. The molecule has 5 heterocycles. The number of hydrogen-bond acceptors (Lipinski definition) is 12. The maximum Gasteiger partial charge on any atom is 0.502 e. The number of carbonyl (C=O) groups excluding carboxylic acids is 5. The summed E-state index contributed by atoms with van der Waals surface area (Å²) >= 11 is 0. The SMILES string of the molecule is C[C@@H]1O[Si]2(CCCNC(=O)c3cc4cc(c3)C(=O)Nc3cccc(n3)NC(=O)COc3ccc5ccccc5c3-c3c(ccc5ccccc35)OCC(=O)Nc3cccc(n3)NC4=O)O[C@@H]1[C@@H](C)O2. The van der Waals surface area contributed by atoms with Gasteiger partial charge in [0, 0.05) is 40.4 Å². The molecule has 18 heteroatoms. The number of hydrogen-bond donors (Lipinski definition) is 5. The molecule has 10 rings (SSSR count). The molecule has 7 aromatic rings. The molecule has 69 heavy (non-hydrogen) atoms. The van der Waals surface area contributed by atoms with Crippen LogP contribution in [0.5, 0.6) is 11.5 Å². The standard InChI is InChI=1S/C51H45N7O10Si/c1-29-48-30(2)67-69(66-29,68-48)23-9-22-52-49(61)33-24-34-26-35(25-33)51(63)58-43-17-8-15-41(54-43)56-45(60)28-65-39-21-19-32-11-4-6-13-37(32)47(39)46-36-12-5-3-10-31(36)18-20-38(46)64-27-44(59)55-40-14-7-16-42(53-40)57-50(34)62/h3-8,10-21,24-26,29-30,48H,9,22-23,27-28H2,1-2H3,(H,52,61)(H2,53,55,57,59,62)(H2,54,56,58,60,63)/t29-,30+,48-,69?. The third kappa shape index (κ3) is 9.59. The number of rotatable bonds is 5. The smallest absolute Gasteiger partial charge is 0.483 e. The molecule has 0 radical (unpaired) electrons. The summed E-state index contributed by atoms with van der Waals surface area (Å²) in [6, 6.07) is 36.8. The van der Waals surface area contributed by atoms with E-state index in [1.165, 1.54) is 30.3 Å². The molecule has 4 atom stereocenters. The summed E-state index contributed by atoms with van der Waals surface area (Å²) in [5, 5.41) is 17.2. The molecule has 5 aromatic carbocycles. The van der Waals surface area contributed by atoms with E-state index in [1.807, 2.05) is 74.5 Å². The van der Waals surface area contributed by atoms with Gasteiger partial charge >= 0.3 is 8.80 Å². The molecular formula is C51H45N7O10Si. The van der Waals surface area contributed by atoms with Crippen LogP contribution in [0.1, 0.15) is 51.3 Å². The fourth-order valence-corrected chi connectivity index (χ4v) is 12.1. The fraction of sp³-hybridized carbons (Fsp3) is 0.196. The predicted octanol–water partition coefficient (Wildman–Crippen LogP) is 7.58. The first-order valence-corrected chi connectivity index (χ1v) is 24.3. The Morgan fingerprint density at radius 3 is 1.57 bits per heavy atom. The van der Waals surface area contributed by atoms with Crippen LogP contribution in [0.4, 0.5) is 23.3 Å². The second kappa shape index (κ2) is 18.9. The van der Waals surface area contributed by atoms with Gasteiger partial charge in [-0.3, -0.25) is 24.0 Å². The number of carbonyl (C=O) groups is 5. The number of anilines is 4. The normalized spacial score (nSPS) is 20.4. The molecule has 5 N–H and O–H groups in total. The van der Waals surface area contributed by atoms with E-state index in [9.17, 15) is 24.0 Å². The Morgan fingerprint density at radius 1 is 0.594 bits per heavy atom. The number of aromatic nitrogens is 2. The number of ether oxygens (including phenoxy) is 2. The third-order valence-electron chi connectivity index (χ3n) is 11.9. The minimum absolute atomic E-state index is 0.0282. The van der Waals surface area contributed by atoms with Gasteiger partial charge in [0.1, 0.15) is 34.8 Å². The quantitative estimate of drug-likeness (QED) is 0.0834. The fourth-order valence-electron chi connectivity index (χ4n) is 8.80. The van der Waals surface area contributed by atoms with E-state index >= 15 is 0 Å². The van der Waals surface area contributed by atoms with Crippen molar-refractivity contribution in [1.29, 1.82) is 0 Å². The molecule has 1 unspecified atom stereocenters. The lowest BCUT2D eigenvalue weighted by Crippen LogP contribution is -2.44. The lowest BCUT2D eigenvalue weighted by Gasteiger charge is -2.26. The van der Waals surface area contributed by atoms with E-state index < -0.39 is 51.6 Å². The number of benzene rings is 5. The summed E-state index contributed by atoms with van der Waals surface area (Å²) in [4.78, 5) is 77.6. The van der Waals surface area contributed by atoms with Crippen molar-refractivity contribution < 1.29 is 46.7 Å². The highest BCUT2D eigenvalue weighted by molar-refractivity contribution is 6.62. The summed E-state index contributed by atoms with van der Waals surface area (Å²) in [5.74, 6) is -1.84. The van der Waals surface area contributed by atoms with Crippen molar-refractivity contribution in [2.45, 2.75) is 44.6 Å². The zero-order valence-electron chi connectivity index (χ0n) is 37.4. The molecule has 8 bridgehead atoms. The highest BCUT2D eigenvalue weighted by atomic mass is 28.4. The van der Waals surface area contributed by atoms with Crippen molar-refractivity contribution in [2.24, 2.45) is 0 Å². The molecule has 3 aliphatic rings. The van der Waals surface area contributed by atoms with E-state index in [2.05, 4.69) is 36.6 Å². The van der Waals surface area contributed by atoms with Crippen molar-refractivity contribution in [3.05, 3.63) is 144 Å². The number of amides is 5. The van der Waals surface area contributed by atoms with Crippen molar-refractivity contribution >= 4 is 83.2 Å². The van der Waals surface area contributed by atoms with Crippen LogP contribution in [0.2, 0.25) is 6.04 Å². The zero-order chi connectivity index (χ0) is 47.6. The van der Waals surface area contributed by atoms with Crippen LogP contribution < -0.4 is 36.1 Å². The Bertz CT molecular complexity index is 3010. The van der Waals surface area contributed by atoms with Crippen molar-refractivity contribution in [3.63, 3.8) is 0 Å². The monoisotopic (exact) mass is 943 g/mol. The minimum Gasteiger partial charge on any atom is -0.483 e. The van der Waals surface area contributed by atoms with Gasteiger partial charge in [0.25, 0.3) is 29.5 Å². The van der Waals surface area contributed by atoms with Crippen molar-refractivity contribution in [2.75, 3.05) is 41.0 Å². The molecule has 17 nitrogen and oxygen atoms in total. The Kier molecular flexibility index (Phi) is 12.3. The lowest BCUT2D eigenvalue weighted by molar-refractivity contribution is -0.118. The number of nitrogens with zero attached hydrogens (tertiary/aromatic N) is 2. The maximum atomic E-state index is 13.9. The molecule has 0 spiro atoms. The van der Waals surface area contributed by atoms with Crippen LogP contribution in [-0.2, 0) is 22.9 Å². The van der Waals surface area contributed by atoms with Crippen LogP contribution in [0, 0.1) is 0 Å². The van der Waals surface area contributed by atoms with Gasteiger partial charge in [-0.05, 0) is 96.4 Å². The largest absolute Gasteiger partial charge is 0.502 e. The molecule has 2 fully saturated rings. The summed E-state index contributed by atoms with van der Waals surface area (Å²) in [7, 11) is -2.84. The molecule has 0 aliphatic carbocycles. The molecule has 2 aromatic heterocycles. The third-order valence-corrected chi connectivity index (χ3v) is 15.0. The first-order chi connectivity index (χ1) is 33.5. The van der Waals surface area contributed by atoms with E-state index in [-0.39, 0.29) is 64.8 Å². The van der Waals surface area contributed by atoms with E-state index in [0.29, 0.717) is 35.1 Å². The summed E-state index contributed by atoms with van der Waals surface area (Å²) < 4.78 is 30.8. The minimum atomic E-state index is -2.84. The number of pyridine rings is 2. The van der Waals surface area contributed by atoms with E-state index in [1.54, 1.807) is 36.4 Å². The van der Waals surface area contributed by atoms with Crippen molar-refractivity contribution in [3.8, 4) is 22.6 Å². The van der Waals surface area contributed by atoms with Gasteiger partial charge in [-0.1, -0.05) is 72.8 Å². The van der Waals surface area contributed by atoms with Gasteiger partial charge < -0.3 is 49.3 Å². The Hall–Kier alpha value is -8.03. The van der Waals surface area contributed by atoms with Crippen LogP contribution in [0.3, 0.4) is 0 Å². The molecule has 5 amide bonds. The lowest BCUT2D eigenvalue weighted by atomic mass is 9.92. The predicted molar refractivity (Wildman–Crippen MR) is 259 cm³/mol. The van der Waals surface area contributed by atoms with Crippen LogP contribution >= 0.6 is 0 Å². The van der Waals surface area contributed by atoms with Crippen molar-refractivity contribution in [1.82, 2.24) is 15.3 Å². The van der Waals surface area contributed by atoms with Crippen LogP contribution in [0.25, 0.3) is 32.7 Å². The Balaban J connectivity index is 0.959. The highest BCUT2D eigenvalue weighted by Crippen LogP contribution is 2.46. The molecule has 0 saturated carbocycles. The summed E-state index contributed by atoms with van der Waals surface area (Å²) in [6.45, 7) is 3.32. The Morgan fingerprint density at radius 2 is 1.07 bits per heavy atom. The second-order valence-corrected chi connectivity index (χ2v) is 19.4. The average Bonchev–Trinajstić information content (AvgIpc) is 3.86. The van der Waals surface area contributed by atoms with Gasteiger partial charge in [0.15, 0.2) is 13.2 Å². The van der Waals surface area contributed by atoms with Gasteiger partial charge in [-0.2, -0.15) is 0 Å². The van der Waals surface area contributed by atoms with Gasteiger partial charge in [0.05, 0.1) is 18.3 Å². The molecule has 348 valence electrons. The first kappa shape index (κ1) is 44.8. The highest BCUT2D eigenvalue weighted by Gasteiger charge is 2.60. The van der Waals surface area contributed by atoms with Crippen LogP contribution in [0.15, 0.2) is 127 Å². The van der Waals surface area contributed by atoms with E-state index in [4.69, 9.17) is 22.8 Å². The summed E-state index contributed by atoms with van der Waals surface area (Å²) in [6.07, 6.45) is 0.263. The van der Waals surface area contributed by atoms with Gasteiger partial charge in [0.2, 0.25) is 0 Å². The van der Waals surface area contributed by atoms with E-state index in [0.717, 1.165) is 21.5 Å².